The van der Waals surface area contributed by atoms with Crippen molar-refractivity contribution in [3.63, 3.8) is 0 Å². The molecule has 1 saturated heterocycles. The summed E-state index contributed by atoms with van der Waals surface area (Å²) in [7, 11) is 2.14. The largest absolute Gasteiger partial charge is 0.479 e. The summed E-state index contributed by atoms with van der Waals surface area (Å²) in [5, 5.41) is 3.69. The first kappa shape index (κ1) is 21.6. The first-order valence-corrected chi connectivity index (χ1v) is 10.5. The number of piperazine rings is 1. The Balaban J connectivity index is 1.67. The molecule has 0 saturated carbocycles. The Morgan fingerprint density at radius 3 is 2.52 bits per heavy atom. The van der Waals surface area contributed by atoms with E-state index in [-0.39, 0.29) is 11.9 Å². The van der Waals surface area contributed by atoms with Gasteiger partial charge in [0, 0.05) is 32.7 Å². The van der Waals surface area contributed by atoms with Crippen LogP contribution in [0.4, 0.5) is 0 Å². The van der Waals surface area contributed by atoms with Gasteiger partial charge in [0.05, 0.1) is 11.1 Å². The second kappa shape index (κ2) is 10.1. The summed E-state index contributed by atoms with van der Waals surface area (Å²) in [6.45, 7) is 8.59. The third kappa shape index (κ3) is 6.20. The van der Waals surface area contributed by atoms with E-state index in [9.17, 15) is 4.79 Å². The molecule has 6 heteroatoms. The number of carbonyl (C=O) groups excluding carboxylic acids is 1. The Bertz CT molecular complexity index is 807. The number of ether oxygens (including phenoxy) is 1. The summed E-state index contributed by atoms with van der Waals surface area (Å²) in [4.78, 5) is 17.6. The number of hydrogen-bond donors (Lipinski definition) is 1. The molecule has 1 fully saturated rings. The zero-order chi connectivity index (χ0) is 20.8. The number of benzene rings is 2. The van der Waals surface area contributed by atoms with Gasteiger partial charge in [0.25, 0.3) is 5.91 Å². The Morgan fingerprint density at radius 2 is 1.83 bits per heavy atom. The van der Waals surface area contributed by atoms with Gasteiger partial charge in [0.2, 0.25) is 0 Å². The van der Waals surface area contributed by atoms with Gasteiger partial charge in [-0.3, -0.25) is 9.69 Å². The number of amides is 1. The second-order valence-electron chi connectivity index (χ2n) is 7.77. The third-order valence-corrected chi connectivity index (χ3v) is 5.63. The number of halogens is 1. The lowest BCUT2D eigenvalue weighted by Crippen LogP contribution is -2.49. The molecular weight excluding hydrogens is 386 g/mol. The first-order chi connectivity index (χ1) is 13.9. The fourth-order valence-electron chi connectivity index (χ4n) is 3.44. The van der Waals surface area contributed by atoms with Crippen molar-refractivity contribution >= 4 is 17.5 Å². The highest BCUT2D eigenvalue weighted by Crippen LogP contribution is 2.26. The number of rotatable bonds is 7. The third-order valence-electron chi connectivity index (χ3n) is 5.31. The Labute approximate surface area is 178 Å². The van der Waals surface area contributed by atoms with Crippen LogP contribution in [-0.4, -0.2) is 61.6 Å². The fraction of sp³-hybridized carbons (Fsp3) is 0.435. The molecule has 2 atom stereocenters. The van der Waals surface area contributed by atoms with Gasteiger partial charge in [-0.2, -0.15) is 0 Å². The molecule has 1 heterocycles. The quantitative estimate of drug-likeness (QED) is 0.751. The molecule has 1 amide bonds. The zero-order valence-corrected chi connectivity index (χ0v) is 18.2. The molecule has 3 rings (SSSR count). The SMILES string of the molecule is Cc1ccc(Cl)c(OC(C)C(=O)NC(CN2CCN(C)CC2)c2ccccc2)c1. The number of nitrogens with one attached hydrogen (secondary N) is 1. The Hall–Kier alpha value is -2.08. The van der Waals surface area contributed by atoms with Gasteiger partial charge in [-0.15, -0.1) is 0 Å². The zero-order valence-electron chi connectivity index (χ0n) is 17.4. The van der Waals surface area contributed by atoms with Crippen LogP contribution in [-0.2, 0) is 4.79 Å². The van der Waals surface area contributed by atoms with E-state index in [0.717, 1.165) is 43.9 Å². The number of hydrogen-bond acceptors (Lipinski definition) is 4. The van der Waals surface area contributed by atoms with E-state index in [1.54, 1.807) is 13.0 Å². The Kier molecular flexibility index (Phi) is 7.53. The minimum atomic E-state index is -0.645. The van der Waals surface area contributed by atoms with Crippen LogP contribution in [0.2, 0.25) is 5.02 Å². The molecule has 1 N–H and O–H groups in total. The average Bonchev–Trinajstić information content (AvgIpc) is 2.72. The van der Waals surface area contributed by atoms with Crippen molar-refractivity contribution < 1.29 is 9.53 Å². The van der Waals surface area contributed by atoms with Gasteiger partial charge in [-0.1, -0.05) is 48.0 Å². The molecule has 0 spiro atoms. The minimum absolute atomic E-state index is 0.0915. The lowest BCUT2D eigenvalue weighted by atomic mass is 10.1. The van der Waals surface area contributed by atoms with E-state index in [1.807, 2.05) is 37.3 Å². The summed E-state index contributed by atoms with van der Waals surface area (Å²) in [5.41, 5.74) is 2.13. The van der Waals surface area contributed by atoms with Crippen LogP contribution in [0.5, 0.6) is 5.75 Å². The standard InChI is InChI=1S/C23H30ClN3O2/c1-17-9-10-20(24)22(15-17)29-18(2)23(28)25-21(19-7-5-4-6-8-19)16-27-13-11-26(3)12-14-27/h4-10,15,18,21H,11-14,16H2,1-3H3,(H,25,28). The maximum absolute atomic E-state index is 12.9. The van der Waals surface area contributed by atoms with Crippen molar-refractivity contribution in [1.82, 2.24) is 15.1 Å². The van der Waals surface area contributed by atoms with Crippen molar-refractivity contribution in [1.29, 1.82) is 0 Å². The van der Waals surface area contributed by atoms with Crippen LogP contribution >= 0.6 is 11.6 Å². The molecule has 0 aliphatic carbocycles. The first-order valence-electron chi connectivity index (χ1n) is 10.1. The van der Waals surface area contributed by atoms with Gasteiger partial charge in [0.1, 0.15) is 5.75 Å². The van der Waals surface area contributed by atoms with Gasteiger partial charge >= 0.3 is 0 Å². The summed E-state index contributed by atoms with van der Waals surface area (Å²) in [6, 6.07) is 15.6. The topological polar surface area (TPSA) is 44.8 Å². The van der Waals surface area contributed by atoms with E-state index in [1.165, 1.54) is 0 Å². The lowest BCUT2D eigenvalue weighted by molar-refractivity contribution is -0.128. The number of likely N-dealkylation sites (N-methyl/N-ethyl adjacent to an activating group) is 1. The minimum Gasteiger partial charge on any atom is -0.479 e. The van der Waals surface area contributed by atoms with Crippen LogP contribution in [0.15, 0.2) is 48.5 Å². The molecule has 1 aliphatic heterocycles. The van der Waals surface area contributed by atoms with Gasteiger partial charge in [-0.05, 0) is 44.2 Å². The van der Waals surface area contributed by atoms with Crippen molar-refractivity contribution in [2.45, 2.75) is 26.0 Å². The van der Waals surface area contributed by atoms with Gasteiger partial charge in [0.15, 0.2) is 6.10 Å². The molecule has 2 aromatic rings. The smallest absolute Gasteiger partial charge is 0.261 e. The fourth-order valence-corrected chi connectivity index (χ4v) is 3.60. The van der Waals surface area contributed by atoms with Crippen molar-refractivity contribution in [2.24, 2.45) is 0 Å². The molecule has 0 aromatic heterocycles. The molecule has 5 nitrogen and oxygen atoms in total. The van der Waals surface area contributed by atoms with Crippen LogP contribution in [0.1, 0.15) is 24.1 Å². The van der Waals surface area contributed by atoms with E-state index in [2.05, 4.69) is 34.3 Å². The number of aryl methyl sites for hydroxylation is 1. The predicted octanol–water partition coefficient (Wildman–Crippen LogP) is 3.52. The highest BCUT2D eigenvalue weighted by atomic mass is 35.5. The van der Waals surface area contributed by atoms with E-state index >= 15 is 0 Å². The highest BCUT2D eigenvalue weighted by Gasteiger charge is 2.24. The second-order valence-corrected chi connectivity index (χ2v) is 8.18. The van der Waals surface area contributed by atoms with Gasteiger partial charge in [-0.25, -0.2) is 0 Å². The van der Waals surface area contributed by atoms with Crippen LogP contribution < -0.4 is 10.1 Å². The van der Waals surface area contributed by atoms with E-state index < -0.39 is 6.10 Å². The molecular formula is C23H30ClN3O2. The van der Waals surface area contributed by atoms with Crippen LogP contribution in [0.3, 0.4) is 0 Å². The van der Waals surface area contributed by atoms with Crippen LogP contribution in [0, 0.1) is 6.92 Å². The molecule has 0 bridgehead atoms. The van der Waals surface area contributed by atoms with Crippen molar-refractivity contribution in [3.05, 3.63) is 64.7 Å². The summed E-state index contributed by atoms with van der Waals surface area (Å²) in [5.74, 6) is 0.384. The molecule has 2 unspecified atom stereocenters. The number of nitrogens with zero attached hydrogens (tertiary/aromatic N) is 2. The van der Waals surface area contributed by atoms with Gasteiger partial charge < -0.3 is 15.0 Å². The summed E-state index contributed by atoms with van der Waals surface area (Å²) in [6.07, 6.45) is -0.645. The van der Waals surface area contributed by atoms with Crippen molar-refractivity contribution in [2.75, 3.05) is 39.8 Å². The van der Waals surface area contributed by atoms with E-state index in [0.29, 0.717) is 10.8 Å². The normalized spacial score (nSPS) is 17.5. The highest BCUT2D eigenvalue weighted by molar-refractivity contribution is 6.32. The number of carbonyl (C=O) groups is 1. The lowest BCUT2D eigenvalue weighted by Gasteiger charge is -2.35. The maximum Gasteiger partial charge on any atom is 0.261 e. The monoisotopic (exact) mass is 415 g/mol. The summed E-state index contributed by atoms with van der Waals surface area (Å²) < 4.78 is 5.86. The molecule has 0 radical (unpaired) electrons. The molecule has 156 valence electrons. The predicted molar refractivity (Wildman–Crippen MR) is 118 cm³/mol. The molecule has 1 aliphatic rings. The molecule has 29 heavy (non-hydrogen) atoms. The van der Waals surface area contributed by atoms with Crippen molar-refractivity contribution in [3.8, 4) is 5.75 Å². The molecule has 2 aromatic carbocycles. The summed E-state index contributed by atoms with van der Waals surface area (Å²) >= 11 is 6.22. The maximum atomic E-state index is 12.9. The van der Waals surface area contributed by atoms with Crippen LogP contribution in [0.25, 0.3) is 0 Å². The average molecular weight is 416 g/mol. The van der Waals surface area contributed by atoms with E-state index in [4.69, 9.17) is 16.3 Å². The Morgan fingerprint density at radius 1 is 1.14 bits per heavy atom.